The Morgan fingerprint density at radius 3 is 2.56 bits per heavy atom. The van der Waals surface area contributed by atoms with Crippen molar-refractivity contribution in [3.05, 3.63) is 29.8 Å². The third-order valence-electron chi connectivity index (χ3n) is 5.12. The molecule has 2 fully saturated rings. The average molecular weight is 345 g/mol. The molecular formula is C19H27N3O3. The Bertz CT molecular complexity index is 613. The molecular weight excluding hydrogens is 318 g/mol. The second kappa shape index (κ2) is 7.87. The summed E-state index contributed by atoms with van der Waals surface area (Å²) >= 11 is 0. The summed E-state index contributed by atoms with van der Waals surface area (Å²) in [4.78, 5) is 28.2. The van der Waals surface area contributed by atoms with Gasteiger partial charge in [0.15, 0.2) is 0 Å². The van der Waals surface area contributed by atoms with Gasteiger partial charge in [-0.25, -0.2) is 0 Å². The van der Waals surface area contributed by atoms with E-state index in [0.29, 0.717) is 19.1 Å². The summed E-state index contributed by atoms with van der Waals surface area (Å²) < 4.78 is 5.20. The Balaban J connectivity index is 1.59. The smallest absolute Gasteiger partial charge is 0.236 e. The summed E-state index contributed by atoms with van der Waals surface area (Å²) in [6.45, 7) is 2.36. The van der Waals surface area contributed by atoms with Gasteiger partial charge in [0.2, 0.25) is 11.8 Å². The number of hydrogen-bond acceptors (Lipinski definition) is 4. The van der Waals surface area contributed by atoms with E-state index in [1.807, 2.05) is 29.2 Å². The van der Waals surface area contributed by atoms with Crippen LogP contribution in [0.5, 0.6) is 5.75 Å². The fourth-order valence-corrected chi connectivity index (χ4v) is 3.43. The van der Waals surface area contributed by atoms with E-state index in [-0.39, 0.29) is 17.7 Å². The number of likely N-dealkylation sites (tertiary alicyclic amines) is 1. The van der Waals surface area contributed by atoms with Crippen molar-refractivity contribution in [3.63, 3.8) is 0 Å². The highest BCUT2D eigenvalue weighted by Gasteiger charge is 2.33. The topological polar surface area (TPSA) is 75.9 Å². The second-order valence-electron chi connectivity index (χ2n) is 7.07. The third-order valence-corrected chi connectivity index (χ3v) is 5.12. The molecule has 1 aliphatic heterocycles. The van der Waals surface area contributed by atoms with Crippen LogP contribution in [0.3, 0.4) is 0 Å². The number of methoxy groups -OCH3 is 1. The van der Waals surface area contributed by atoms with Crippen LogP contribution >= 0.6 is 0 Å². The zero-order chi connectivity index (χ0) is 17.8. The molecule has 1 aliphatic carbocycles. The van der Waals surface area contributed by atoms with Crippen LogP contribution in [0.15, 0.2) is 24.3 Å². The minimum Gasteiger partial charge on any atom is -0.497 e. The van der Waals surface area contributed by atoms with Crippen molar-refractivity contribution in [2.24, 2.45) is 11.7 Å². The number of nitrogens with two attached hydrogens (primary N) is 1. The molecule has 3 rings (SSSR count). The van der Waals surface area contributed by atoms with Crippen LogP contribution in [0.25, 0.3) is 0 Å². The van der Waals surface area contributed by atoms with E-state index in [1.54, 1.807) is 7.11 Å². The van der Waals surface area contributed by atoms with E-state index in [0.717, 1.165) is 44.5 Å². The first-order chi connectivity index (χ1) is 12.1. The lowest BCUT2D eigenvalue weighted by Crippen LogP contribution is -2.47. The monoisotopic (exact) mass is 345 g/mol. The van der Waals surface area contributed by atoms with E-state index in [2.05, 4.69) is 4.90 Å². The van der Waals surface area contributed by atoms with Crippen molar-refractivity contribution in [1.29, 1.82) is 0 Å². The lowest BCUT2D eigenvalue weighted by Gasteiger charge is -2.33. The number of carbonyl (C=O) groups excluding carboxylic acids is 2. The summed E-state index contributed by atoms with van der Waals surface area (Å²) in [6.07, 6.45) is 3.93. The predicted octanol–water partition coefficient (Wildman–Crippen LogP) is 1.38. The molecule has 136 valence electrons. The van der Waals surface area contributed by atoms with Crippen molar-refractivity contribution >= 4 is 11.8 Å². The number of primary amides is 1. The molecule has 1 aromatic rings. The first kappa shape index (κ1) is 17.7. The zero-order valence-electron chi connectivity index (χ0n) is 14.8. The number of hydrogen-bond donors (Lipinski definition) is 1. The molecule has 1 heterocycles. The Kier molecular flexibility index (Phi) is 5.58. The average Bonchev–Trinajstić information content (AvgIpc) is 3.47. The molecule has 1 aromatic carbocycles. The van der Waals surface area contributed by atoms with Crippen molar-refractivity contribution in [1.82, 2.24) is 9.80 Å². The zero-order valence-corrected chi connectivity index (χ0v) is 14.8. The minimum atomic E-state index is -0.296. The number of rotatable bonds is 7. The second-order valence-corrected chi connectivity index (χ2v) is 7.07. The van der Waals surface area contributed by atoms with Gasteiger partial charge < -0.3 is 15.4 Å². The van der Waals surface area contributed by atoms with E-state index in [1.165, 1.54) is 5.56 Å². The molecule has 6 nitrogen and oxygen atoms in total. The number of ether oxygens (including phenoxy) is 1. The molecule has 1 unspecified atom stereocenters. The van der Waals surface area contributed by atoms with Crippen LogP contribution in [-0.2, 0) is 16.1 Å². The molecule has 25 heavy (non-hydrogen) atoms. The van der Waals surface area contributed by atoms with Gasteiger partial charge in [0.25, 0.3) is 0 Å². The predicted molar refractivity (Wildman–Crippen MR) is 94.9 cm³/mol. The Morgan fingerprint density at radius 2 is 1.96 bits per heavy atom. The van der Waals surface area contributed by atoms with Gasteiger partial charge in [0.05, 0.1) is 19.6 Å². The lowest BCUT2D eigenvalue weighted by atomic mass is 9.97. The molecule has 2 N–H and O–H groups in total. The van der Waals surface area contributed by atoms with Gasteiger partial charge in [-0.15, -0.1) is 0 Å². The highest BCUT2D eigenvalue weighted by atomic mass is 16.5. The molecule has 0 bridgehead atoms. The Morgan fingerprint density at radius 1 is 1.24 bits per heavy atom. The van der Waals surface area contributed by atoms with Crippen LogP contribution in [0.2, 0.25) is 0 Å². The van der Waals surface area contributed by atoms with Gasteiger partial charge in [0, 0.05) is 25.7 Å². The van der Waals surface area contributed by atoms with Crippen molar-refractivity contribution in [2.75, 3.05) is 26.7 Å². The van der Waals surface area contributed by atoms with Crippen molar-refractivity contribution in [3.8, 4) is 5.75 Å². The van der Waals surface area contributed by atoms with E-state index in [4.69, 9.17) is 10.5 Å². The van der Waals surface area contributed by atoms with E-state index < -0.39 is 0 Å². The van der Waals surface area contributed by atoms with Gasteiger partial charge in [-0.3, -0.25) is 14.5 Å². The first-order valence-electron chi connectivity index (χ1n) is 9.01. The fraction of sp³-hybridized carbons (Fsp3) is 0.579. The number of amides is 2. The quantitative estimate of drug-likeness (QED) is 0.810. The summed E-state index contributed by atoms with van der Waals surface area (Å²) in [7, 11) is 1.65. The van der Waals surface area contributed by atoms with Gasteiger partial charge >= 0.3 is 0 Å². The summed E-state index contributed by atoms with van der Waals surface area (Å²) in [5, 5.41) is 0. The highest BCUT2D eigenvalue weighted by Crippen LogP contribution is 2.29. The molecule has 1 saturated carbocycles. The molecule has 0 radical (unpaired) electrons. The Hall–Kier alpha value is -2.08. The van der Waals surface area contributed by atoms with E-state index >= 15 is 0 Å². The SMILES string of the molecule is COc1ccc(CN(CC(=O)N2CCCC(C(N)=O)C2)C2CC2)cc1. The van der Waals surface area contributed by atoms with Crippen molar-refractivity contribution < 1.29 is 14.3 Å². The standard InChI is InChI=1S/C19H27N3O3/c1-25-17-8-4-14(5-9-17)11-22(16-6-7-16)13-18(23)21-10-2-3-15(12-21)19(20)24/h4-5,8-9,15-16H,2-3,6-7,10-13H2,1H3,(H2,20,24). The number of nitrogens with zero attached hydrogens (tertiary/aromatic N) is 2. The summed E-state index contributed by atoms with van der Waals surface area (Å²) in [5.41, 5.74) is 6.59. The number of piperidine rings is 1. The largest absolute Gasteiger partial charge is 0.497 e. The molecule has 1 atom stereocenters. The normalized spacial score (nSPS) is 20.6. The summed E-state index contributed by atoms with van der Waals surface area (Å²) in [6, 6.07) is 8.47. The maximum absolute atomic E-state index is 12.7. The van der Waals surface area contributed by atoms with Crippen LogP contribution in [0, 0.1) is 5.92 Å². The molecule has 6 heteroatoms. The molecule has 0 aromatic heterocycles. The van der Waals surface area contributed by atoms with Crippen LogP contribution in [0.4, 0.5) is 0 Å². The molecule has 2 aliphatic rings. The van der Waals surface area contributed by atoms with Crippen LogP contribution < -0.4 is 10.5 Å². The fourth-order valence-electron chi connectivity index (χ4n) is 3.43. The van der Waals surface area contributed by atoms with Gasteiger partial charge in [-0.2, -0.15) is 0 Å². The molecule has 2 amide bonds. The van der Waals surface area contributed by atoms with E-state index in [9.17, 15) is 9.59 Å². The number of benzene rings is 1. The summed E-state index contributed by atoms with van der Waals surface area (Å²) in [5.74, 6) is 0.443. The van der Waals surface area contributed by atoms with Crippen molar-refractivity contribution in [2.45, 2.75) is 38.3 Å². The van der Waals surface area contributed by atoms with Crippen LogP contribution in [-0.4, -0.2) is 54.4 Å². The number of carbonyl (C=O) groups is 2. The van der Waals surface area contributed by atoms with Crippen LogP contribution in [0.1, 0.15) is 31.2 Å². The Labute approximate surface area is 148 Å². The maximum atomic E-state index is 12.7. The third kappa shape index (κ3) is 4.72. The molecule has 0 spiro atoms. The van der Waals surface area contributed by atoms with Gasteiger partial charge in [-0.05, 0) is 43.4 Å². The molecule has 1 saturated heterocycles. The van der Waals surface area contributed by atoms with Gasteiger partial charge in [0.1, 0.15) is 5.75 Å². The van der Waals surface area contributed by atoms with Gasteiger partial charge in [-0.1, -0.05) is 12.1 Å². The lowest BCUT2D eigenvalue weighted by molar-refractivity contribution is -0.136. The first-order valence-corrected chi connectivity index (χ1v) is 9.01. The minimum absolute atomic E-state index is 0.103. The maximum Gasteiger partial charge on any atom is 0.236 e. The highest BCUT2D eigenvalue weighted by molar-refractivity contribution is 5.81.